The molecule has 0 fully saturated rings. The molecule has 0 spiro atoms. The zero-order valence-corrected chi connectivity index (χ0v) is 33.6. The fraction of sp³-hybridized carbons (Fsp3) is 0.538. The number of Topliss-reactive ketones (excluding diaryl/α,β-unsaturated/α-hetero) is 1. The predicted octanol–water partition coefficient (Wildman–Crippen LogP) is 3.45. The Labute approximate surface area is 250 Å². The number of esters is 2. The number of primary amides is 1. The minimum atomic E-state index is -0.562. The van der Waals surface area contributed by atoms with Crippen LogP contribution in [-0.4, -0.2) is 35.4 Å². The molecule has 23 heteroatoms. The Kier molecular flexibility index (Phi) is 58.5. The van der Waals surface area contributed by atoms with E-state index in [1.165, 1.54) is 66.2 Å². The number of carbonyl (C=O) groups is 6. The molecule has 6 unspecified atom stereocenters. The highest BCUT2D eigenvalue weighted by Gasteiger charge is 2.00. The van der Waals surface area contributed by atoms with Crippen LogP contribution >= 0.6 is 57.6 Å². The van der Waals surface area contributed by atoms with E-state index in [0.29, 0.717) is 0 Å². The van der Waals surface area contributed by atoms with Gasteiger partial charge in [0.25, 0.3) is 0 Å². The van der Waals surface area contributed by atoms with E-state index in [0.717, 1.165) is 7.96 Å². The van der Waals surface area contributed by atoms with Gasteiger partial charge in [-0.2, -0.15) is 0 Å². The first kappa shape index (κ1) is 50.8. The van der Waals surface area contributed by atoms with Crippen LogP contribution in [0.25, 0.3) is 0 Å². The number of imide groups is 1. The summed E-state index contributed by atoms with van der Waals surface area (Å²) in [7, 11) is 19.8. The number of nitrogens with one attached hydrogen (secondary N) is 1. The van der Waals surface area contributed by atoms with Gasteiger partial charge in [-0.3, -0.25) is 29.3 Å². The summed E-state index contributed by atoms with van der Waals surface area (Å²) in [6.45, 7) is 9.76. The van der Waals surface area contributed by atoms with Crippen LogP contribution in [0.3, 0.4) is 0 Å². The molecule has 9 nitrogen and oxygen atoms in total. The van der Waals surface area contributed by atoms with Crippen molar-refractivity contribution >= 4 is 160 Å². The van der Waals surface area contributed by atoms with Gasteiger partial charge in [0.15, 0.2) is 0 Å². The van der Waals surface area contributed by atoms with Crippen LogP contribution in [0, 0.1) is 0 Å². The van der Waals surface area contributed by atoms with E-state index in [4.69, 9.17) is 0 Å². The molecule has 0 aromatic heterocycles. The average Bonchev–Trinajstić information content (AvgIpc) is 2.66. The Morgan fingerprint density at radius 2 is 1.06 bits per heavy atom. The number of carbonyl (C=O) groups excluding carboxylic acids is 6. The molecule has 0 aromatic carbocycles. The third-order valence-electron chi connectivity index (χ3n) is 1.13. The normalized spacial score (nSPS) is 8.89. The van der Waals surface area contributed by atoms with Crippen LogP contribution in [0.2, 0.25) is 0 Å². The second-order valence-electron chi connectivity index (χ2n) is 5.04. The maximum absolute atomic E-state index is 9.92. The number of rotatable bonds is 2. The molecule has 0 aliphatic heterocycles. The fourth-order valence-electron chi connectivity index (χ4n) is 0.551. The topological polar surface area (TPSA) is 150 Å². The lowest BCUT2D eigenvalue weighted by Gasteiger charge is -2.11. The van der Waals surface area contributed by atoms with Gasteiger partial charge in [0, 0.05) is 101 Å². The Morgan fingerprint density at radius 3 is 1.11 bits per heavy atom. The third kappa shape index (κ3) is 110. The van der Waals surface area contributed by atoms with Gasteiger partial charge in [0.1, 0.15) is 5.78 Å². The summed E-state index contributed by atoms with van der Waals surface area (Å²) in [5.74, 6) is -1.92. The molecule has 36 heavy (non-hydrogen) atoms. The second kappa shape index (κ2) is 41.5. The first-order valence-electron chi connectivity index (χ1n) is 8.41. The summed E-state index contributed by atoms with van der Waals surface area (Å²) in [4.78, 5) is 58.1. The number of hydrogen-bond donors (Lipinski definition) is 2. The first-order valence-corrected chi connectivity index (χ1v) is 28.3. The molecule has 3 amide bonds. The van der Waals surface area contributed by atoms with Crippen LogP contribution in [0.1, 0.15) is 48.5 Å². The van der Waals surface area contributed by atoms with Crippen molar-refractivity contribution in [2.45, 2.75) is 48.5 Å². The highest BCUT2D eigenvalue weighted by Crippen LogP contribution is 2.92. The van der Waals surface area contributed by atoms with Crippen LogP contribution < -0.4 is 11.1 Å². The quantitative estimate of drug-likeness (QED) is 0.245. The molecule has 0 aromatic rings. The van der Waals surface area contributed by atoms with Gasteiger partial charge in [-0.1, -0.05) is 7.96 Å². The van der Waals surface area contributed by atoms with Gasteiger partial charge in [-0.25, -0.2) is 0 Å². The Hall–Kier alpha value is 1.97. The summed E-state index contributed by atoms with van der Waals surface area (Å²) in [6, 6.07) is 0. The first-order chi connectivity index (χ1) is 16.3. The summed E-state index contributed by atoms with van der Waals surface area (Å²) < 4.78 is 3.97. The van der Waals surface area contributed by atoms with Gasteiger partial charge in [0.05, 0.1) is 0 Å². The molecule has 6 atom stereocenters. The number of amides is 3. The smallest absolute Gasteiger partial charge is 0.310 e. The van der Waals surface area contributed by atoms with Crippen molar-refractivity contribution in [1.82, 2.24) is 5.32 Å². The van der Waals surface area contributed by atoms with E-state index < -0.39 is 11.9 Å². The second-order valence-corrected chi connectivity index (χ2v) is 36.1. The minimum absolute atomic E-state index is 0.167. The lowest BCUT2D eigenvalue weighted by atomic mass is 10.6. The van der Waals surface area contributed by atoms with Crippen LogP contribution in [0.4, 0.5) is 0 Å². The van der Waals surface area contributed by atoms with Crippen molar-refractivity contribution in [3.8, 4) is 0 Å². The summed E-state index contributed by atoms with van der Waals surface area (Å²) in [5.41, 5.74) is 4.47. The molecular formula is C13H33N2O7P7S7. The molecule has 0 bridgehead atoms. The van der Waals surface area contributed by atoms with E-state index in [1.54, 1.807) is 26.6 Å². The number of nitrogens with two attached hydrogens (primary N) is 1. The third-order valence-corrected chi connectivity index (χ3v) is 40.5. The highest BCUT2D eigenvalue weighted by molar-refractivity contribution is 8.98. The van der Waals surface area contributed by atoms with Crippen molar-refractivity contribution in [3.63, 3.8) is 0 Å². The van der Waals surface area contributed by atoms with Crippen molar-refractivity contribution in [2.24, 2.45) is 5.73 Å². The number of ketones is 1. The van der Waals surface area contributed by atoms with Crippen LogP contribution in [0.5, 0.6) is 0 Å². The van der Waals surface area contributed by atoms with Crippen molar-refractivity contribution in [1.29, 1.82) is 0 Å². The van der Waals surface area contributed by atoms with Crippen LogP contribution in [-0.2, 0) is 100 Å². The summed E-state index contributed by atoms with van der Waals surface area (Å²) in [6.07, 6.45) is 0. The van der Waals surface area contributed by atoms with Gasteiger partial charge in [0.2, 0.25) is 17.7 Å². The molecule has 0 saturated heterocycles. The van der Waals surface area contributed by atoms with E-state index >= 15 is 0 Å². The van der Waals surface area contributed by atoms with E-state index in [-0.39, 0.29) is 37.5 Å². The van der Waals surface area contributed by atoms with E-state index in [2.05, 4.69) is 68.6 Å². The molecule has 0 aliphatic rings. The zero-order chi connectivity index (χ0) is 30.3. The van der Waals surface area contributed by atoms with Crippen LogP contribution in [0.15, 0.2) is 0 Å². The number of hydrogen-bond acceptors (Lipinski definition) is 9. The van der Waals surface area contributed by atoms with Gasteiger partial charge < -0.3 is 15.3 Å². The monoisotopic (exact) mass is 770 g/mol. The molecule has 0 radical (unpaired) electrons. The van der Waals surface area contributed by atoms with Crippen molar-refractivity contribution in [2.75, 3.05) is 0 Å². The lowest BCUT2D eigenvalue weighted by molar-refractivity contribution is -0.156. The molecule has 0 aliphatic carbocycles. The highest BCUT2D eigenvalue weighted by atomic mass is 33.4. The van der Waals surface area contributed by atoms with Crippen molar-refractivity contribution < 1.29 is 33.5 Å². The van der Waals surface area contributed by atoms with Gasteiger partial charge >= 0.3 is 11.9 Å². The Morgan fingerprint density at radius 1 is 0.778 bits per heavy atom. The average molecular weight is 771 g/mol. The molecule has 3 N–H and O–H groups in total. The molecule has 214 valence electrons. The Balaban J connectivity index is -0.0000000761. The SMILES string of the molecule is CC(=O)NC(C)=O.CC(=O)OC(C)=O.CC(C)=O.CC(N)=O.PPP(P)P(P)P.S=S=S=S=S=S=S. The molecule has 0 saturated carbocycles. The van der Waals surface area contributed by atoms with Gasteiger partial charge in [-0.15, -0.1) is 35.7 Å². The Bertz CT molecular complexity index is 792. The standard InChI is InChI=1S/C4H7NO2.C4H6O3.C3H6O.C2H5NO.H9P7.S7/c1-3(6)5-4(2)7;1-3(5)7-4(2)6;1-3(2)4;1-2(3)4;1-5-7(4)6(2)3;1-3-5-7-6-4-2/h1-2H3,(H,5,6,7);1-2H3;1-2H3;1H3,(H2,3,4);5H,1-4H2;. The fourth-order valence-corrected chi connectivity index (χ4v) is 24.9. The molecule has 0 heterocycles. The number of ether oxygens (including phenoxy) is 1. The minimum Gasteiger partial charge on any atom is -0.394 e. The zero-order valence-electron chi connectivity index (χ0n) is 20.5. The summed E-state index contributed by atoms with van der Waals surface area (Å²) in [5, 5.41) is 2.03. The van der Waals surface area contributed by atoms with Crippen molar-refractivity contribution in [3.05, 3.63) is 0 Å². The molecule has 0 rings (SSSR count). The molecular weight excluding hydrogens is 737 g/mol. The van der Waals surface area contributed by atoms with E-state index in [9.17, 15) is 28.8 Å². The predicted molar refractivity (Wildman–Crippen MR) is 191 cm³/mol. The maximum atomic E-state index is 9.92. The largest absolute Gasteiger partial charge is 0.394 e. The van der Waals surface area contributed by atoms with E-state index in [1.807, 2.05) is 5.32 Å². The summed E-state index contributed by atoms with van der Waals surface area (Å²) >= 11 is 9.14. The van der Waals surface area contributed by atoms with Gasteiger partial charge in [-0.05, 0) is 27.8 Å². The lowest BCUT2D eigenvalue weighted by Crippen LogP contribution is -2.24. The maximum Gasteiger partial charge on any atom is 0.310 e.